The summed E-state index contributed by atoms with van der Waals surface area (Å²) in [6.07, 6.45) is 3.14. The summed E-state index contributed by atoms with van der Waals surface area (Å²) in [5, 5.41) is 0. The molecule has 1 aliphatic carbocycles. The second-order valence-corrected chi connectivity index (χ2v) is 7.14. The molecule has 0 spiro atoms. The molecule has 1 heterocycles. The van der Waals surface area contributed by atoms with Crippen LogP contribution in [0.1, 0.15) is 24.0 Å². The van der Waals surface area contributed by atoms with E-state index in [9.17, 15) is 0 Å². The number of hydrogen-bond acceptors (Lipinski definition) is 4. The monoisotopic (exact) mass is 318 g/mol. The van der Waals surface area contributed by atoms with Crippen molar-refractivity contribution in [3.8, 4) is 0 Å². The number of likely N-dealkylation sites (N-methyl/N-ethyl adjacent to an activating group) is 1. The van der Waals surface area contributed by atoms with Crippen LogP contribution in [0.3, 0.4) is 0 Å². The Kier molecular flexibility index (Phi) is 6.06. The predicted molar refractivity (Wildman–Crippen MR) is 92.4 cm³/mol. The molecule has 2 aliphatic rings. The highest BCUT2D eigenvalue weighted by Gasteiger charge is 2.27. The lowest BCUT2D eigenvalue weighted by atomic mass is 10.1. The van der Waals surface area contributed by atoms with E-state index >= 15 is 0 Å². The number of hydrogen-bond donors (Lipinski definition) is 0. The van der Waals surface area contributed by atoms with E-state index in [2.05, 4.69) is 41.1 Å². The molecule has 3 rings (SSSR count). The third-order valence-electron chi connectivity index (χ3n) is 4.76. The first kappa shape index (κ1) is 16.9. The average Bonchev–Trinajstić information content (AvgIpc) is 3.33. The Morgan fingerprint density at radius 3 is 2.57 bits per heavy atom. The molecule has 1 unspecified atom stereocenters. The van der Waals surface area contributed by atoms with E-state index < -0.39 is 0 Å². The van der Waals surface area contributed by atoms with Gasteiger partial charge in [0.05, 0.1) is 19.3 Å². The molecular weight excluding hydrogens is 288 g/mol. The number of ether oxygens (including phenoxy) is 2. The van der Waals surface area contributed by atoms with Gasteiger partial charge in [-0.3, -0.25) is 4.90 Å². The van der Waals surface area contributed by atoms with Crippen LogP contribution < -0.4 is 0 Å². The van der Waals surface area contributed by atoms with Gasteiger partial charge in [0.15, 0.2) is 0 Å². The summed E-state index contributed by atoms with van der Waals surface area (Å²) in [4.78, 5) is 4.97. The molecule has 4 heteroatoms. The minimum absolute atomic E-state index is 0.347. The summed E-state index contributed by atoms with van der Waals surface area (Å²) < 4.78 is 11.2. The second kappa shape index (κ2) is 8.25. The minimum atomic E-state index is 0.347. The zero-order chi connectivity index (χ0) is 16.1. The highest BCUT2D eigenvalue weighted by molar-refractivity contribution is 5.22. The van der Waals surface area contributed by atoms with Crippen LogP contribution in [-0.2, 0) is 22.6 Å². The second-order valence-electron chi connectivity index (χ2n) is 7.14. The van der Waals surface area contributed by atoms with Gasteiger partial charge in [-0.15, -0.1) is 0 Å². The summed E-state index contributed by atoms with van der Waals surface area (Å²) in [6.45, 7) is 6.93. The Hall–Kier alpha value is -0.940. The molecule has 1 saturated carbocycles. The van der Waals surface area contributed by atoms with Gasteiger partial charge >= 0.3 is 0 Å². The number of benzene rings is 1. The van der Waals surface area contributed by atoms with Crippen molar-refractivity contribution in [2.45, 2.75) is 32.1 Å². The van der Waals surface area contributed by atoms with E-state index in [0.29, 0.717) is 12.7 Å². The molecule has 1 aliphatic heterocycles. The highest BCUT2D eigenvalue weighted by Crippen LogP contribution is 2.30. The lowest BCUT2D eigenvalue weighted by molar-refractivity contribution is -0.0372. The Bertz CT molecular complexity index is 473. The predicted octanol–water partition coefficient (Wildman–Crippen LogP) is 2.38. The Balaban J connectivity index is 1.56. The summed E-state index contributed by atoms with van der Waals surface area (Å²) in [6, 6.07) is 8.84. The molecule has 1 saturated heterocycles. The lowest BCUT2D eigenvalue weighted by Gasteiger charge is -2.34. The largest absolute Gasteiger partial charge is 0.380 e. The van der Waals surface area contributed by atoms with Crippen LogP contribution in [0.15, 0.2) is 24.3 Å². The van der Waals surface area contributed by atoms with Crippen molar-refractivity contribution in [3.63, 3.8) is 0 Å². The summed E-state index contributed by atoms with van der Waals surface area (Å²) in [5.74, 6) is 0.907. The van der Waals surface area contributed by atoms with Crippen molar-refractivity contribution < 1.29 is 9.47 Å². The fourth-order valence-corrected chi connectivity index (χ4v) is 3.30. The molecule has 0 N–H and O–H groups in total. The van der Waals surface area contributed by atoms with Gasteiger partial charge in [-0.05, 0) is 36.9 Å². The molecular formula is C19H30N2O2. The van der Waals surface area contributed by atoms with Gasteiger partial charge in [-0.1, -0.05) is 24.3 Å². The third kappa shape index (κ3) is 5.57. The van der Waals surface area contributed by atoms with Gasteiger partial charge in [-0.2, -0.15) is 0 Å². The van der Waals surface area contributed by atoms with E-state index in [-0.39, 0.29) is 0 Å². The van der Waals surface area contributed by atoms with Crippen LogP contribution >= 0.6 is 0 Å². The molecule has 0 aromatic heterocycles. The smallest absolute Gasteiger partial charge is 0.0829 e. The standard InChI is InChI=1S/C19H30N2O2/c1-20-9-10-23-19(13-20)14-21(11-16-3-4-16)12-17-5-7-18(8-6-17)15-22-2/h5-8,16,19H,3-4,9-15H2,1-2H3. The van der Waals surface area contributed by atoms with Gasteiger partial charge in [0.1, 0.15) is 0 Å². The van der Waals surface area contributed by atoms with Gasteiger partial charge in [0, 0.05) is 39.8 Å². The van der Waals surface area contributed by atoms with E-state index in [1.807, 2.05) is 0 Å². The molecule has 1 aromatic rings. The molecule has 128 valence electrons. The van der Waals surface area contributed by atoms with E-state index in [1.165, 1.54) is 30.5 Å². The van der Waals surface area contributed by atoms with Gasteiger partial charge in [0.25, 0.3) is 0 Å². The molecule has 1 aromatic carbocycles. The first-order chi connectivity index (χ1) is 11.2. The fourth-order valence-electron chi connectivity index (χ4n) is 3.30. The van der Waals surface area contributed by atoms with Crippen LogP contribution in [0.4, 0.5) is 0 Å². The van der Waals surface area contributed by atoms with E-state index in [4.69, 9.17) is 9.47 Å². The normalized spacial score (nSPS) is 22.7. The zero-order valence-electron chi connectivity index (χ0n) is 14.5. The number of rotatable bonds is 8. The summed E-state index contributed by atoms with van der Waals surface area (Å²) >= 11 is 0. The Labute approximate surface area is 140 Å². The van der Waals surface area contributed by atoms with Crippen LogP contribution in [0.2, 0.25) is 0 Å². The van der Waals surface area contributed by atoms with Crippen LogP contribution in [0.5, 0.6) is 0 Å². The van der Waals surface area contributed by atoms with Gasteiger partial charge in [-0.25, -0.2) is 0 Å². The first-order valence-corrected chi connectivity index (χ1v) is 8.82. The first-order valence-electron chi connectivity index (χ1n) is 8.82. The van der Waals surface area contributed by atoms with Crippen molar-refractivity contribution in [2.24, 2.45) is 5.92 Å². The minimum Gasteiger partial charge on any atom is -0.380 e. The molecule has 0 bridgehead atoms. The van der Waals surface area contributed by atoms with Crippen LogP contribution in [0, 0.1) is 5.92 Å². The fraction of sp³-hybridized carbons (Fsp3) is 0.684. The maximum absolute atomic E-state index is 5.97. The van der Waals surface area contributed by atoms with E-state index in [1.54, 1.807) is 7.11 Å². The highest BCUT2D eigenvalue weighted by atomic mass is 16.5. The Morgan fingerprint density at radius 1 is 1.17 bits per heavy atom. The third-order valence-corrected chi connectivity index (χ3v) is 4.76. The number of methoxy groups -OCH3 is 1. The van der Waals surface area contributed by atoms with Crippen molar-refractivity contribution in [2.75, 3.05) is 46.9 Å². The Morgan fingerprint density at radius 2 is 1.91 bits per heavy atom. The summed E-state index contributed by atoms with van der Waals surface area (Å²) in [7, 11) is 3.93. The van der Waals surface area contributed by atoms with Gasteiger partial charge in [0.2, 0.25) is 0 Å². The summed E-state index contributed by atoms with van der Waals surface area (Å²) in [5.41, 5.74) is 2.62. The van der Waals surface area contributed by atoms with Crippen molar-refractivity contribution >= 4 is 0 Å². The molecule has 0 radical (unpaired) electrons. The average molecular weight is 318 g/mol. The molecule has 4 nitrogen and oxygen atoms in total. The molecule has 1 atom stereocenters. The topological polar surface area (TPSA) is 24.9 Å². The maximum atomic E-state index is 5.97. The lowest BCUT2D eigenvalue weighted by Crippen LogP contribution is -2.46. The molecule has 23 heavy (non-hydrogen) atoms. The SMILES string of the molecule is COCc1ccc(CN(CC2CC2)CC2CN(C)CCO2)cc1. The quantitative estimate of drug-likeness (QED) is 0.735. The maximum Gasteiger partial charge on any atom is 0.0829 e. The number of nitrogens with zero attached hydrogens (tertiary/aromatic N) is 2. The van der Waals surface area contributed by atoms with Crippen molar-refractivity contribution in [1.82, 2.24) is 9.80 Å². The van der Waals surface area contributed by atoms with Crippen LogP contribution in [0.25, 0.3) is 0 Å². The molecule has 0 amide bonds. The van der Waals surface area contributed by atoms with Gasteiger partial charge < -0.3 is 14.4 Å². The molecule has 2 fully saturated rings. The zero-order valence-corrected chi connectivity index (χ0v) is 14.5. The van der Waals surface area contributed by atoms with Crippen molar-refractivity contribution in [1.29, 1.82) is 0 Å². The van der Waals surface area contributed by atoms with Crippen LogP contribution in [-0.4, -0.2) is 62.8 Å². The van der Waals surface area contributed by atoms with Crippen molar-refractivity contribution in [3.05, 3.63) is 35.4 Å². The number of morpholine rings is 1. The van der Waals surface area contributed by atoms with E-state index in [0.717, 1.165) is 38.7 Å².